The molecule has 0 atom stereocenters. The van der Waals surface area contributed by atoms with Crippen LogP contribution in [-0.2, 0) is 12.3 Å². The molecule has 0 aliphatic carbocycles. The summed E-state index contributed by atoms with van der Waals surface area (Å²) in [5.41, 5.74) is 1.47. The van der Waals surface area contributed by atoms with Gasteiger partial charge in [-0.1, -0.05) is 23.8 Å². The van der Waals surface area contributed by atoms with E-state index in [-0.39, 0.29) is 18.6 Å². The van der Waals surface area contributed by atoms with E-state index in [1.54, 1.807) is 12.1 Å². The second-order valence-electron chi connectivity index (χ2n) is 3.52. The minimum atomic E-state index is -2.84. The Morgan fingerprint density at radius 3 is 2.50 bits per heavy atom. The first kappa shape index (κ1) is 11.1. The molecule has 1 N–H and O–H groups in total. The minimum absolute atomic E-state index is 0.0113. The number of rotatable bonds is 3. The number of halogens is 2. The van der Waals surface area contributed by atoms with Gasteiger partial charge in [0, 0.05) is 19.1 Å². The lowest BCUT2D eigenvalue weighted by Gasteiger charge is -2.15. The van der Waals surface area contributed by atoms with Gasteiger partial charge in [-0.25, -0.2) is 8.78 Å². The lowest BCUT2D eigenvalue weighted by molar-refractivity contribution is 0.0164. The van der Waals surface area contributed by atoms with Crippen LogP contribution in [0.25, 0.3) is 0 Å². The Labute approximate surface area is 82.4 Å². The molecule has 3 heteroatoms. The molecule has 0 unspecified atom stereocenters. The van der Waals surface area contributed by atoms with Gasteiger partial charge in [0.2, 0.25) is 0 Å². The van der Waals surface area contributed by atoms with Gasteiger partial charge in [-0.15, -0.1) is 0 Å². The standard InChI is InChI=1S/C11H14F2O/c1-8-3-4-10(11(2,12)13)9(7-8)5-6-14/h3-4,7,14H,5-6H2,1-2H3. The van der Waals surface area contributed by atoms with Gasteiger partial charge < -0.3 is 5.11 Å². The first-order chi connectivity index (χ1) is 6.45. The number of hydrogen-bond acceptors (Lipinski definition) is 1. The number of aliphatic hydroxyl groups is 1. The average molecular weight is 200 g/mol. The van der Waals surface area contributed by atoms with Gasteiger partial charge in [0.25, 0.3) is 5.92 Å². The molecular formula is C11H14F2O. The topological polar surface area (TPSA) is 20.2 Å². The van der Waals surface area contributed by atoms with Crippen molar-refractivity contribution in [2.24, 2.45) is 0 Å². The molecular weight excluding hydrogens is 186 g/mol. The van der Waals surface area contributed by atoms with Crippen molar-refractivity contribution in [2.45, 2.75) is 26.2 Å². The number of alkyl halides is 2. The molecule has 0 fully saturated rings. The summed E-state index contributed by atoms with van der Waals surface area (Å²) >= 11 is 0. The molecule has 0 amide bonds. The van der Waals surface area contributed by atoms with Crippen molar-refractivity contribution in [3.8, 4) is 0 Å². The highest BCUT2D eigenvalue weighted by molar-refractivity contribution is 5.34. The smallest absolute Gasteiger partial charge is 0.270 e. The van der Waals surface area contributed by atoms with Crippen LogP contribution in [0, 0.1) is 6.92 Å². The maximum absolute atomic E-state index is 13.1. The van der Waals surface area contributed by atoms with E-state index in [2.05, 4.69) is 0 Å². The maximum atomic E-state index is 13.1. The van der Waals surface area contributed by atoms with Crippen molar-refractivity contribution in [3.63, 3.8) is 0 Å². The van der Waals surface area contributed by atoms with E-state index in [1.165, 1.54) is 6.07 Å². The van der Waals surface area contributed by atoms with E-state index in [0.717, 1.165) is 12.5 Å². The average Bonchev–Trinajstić information content (AvgIpc) is 2.02. The fourth-order valence-corrected chi connectivity index (χ4v) is 1.48. The molecule has 0 aliphatic heterocycles. The Balaban J connectivity index is 3.15. The molecule has 0 radical (unpaired) electrons. The number of benzene rings is 1. The van der Waals surface area contributed by atoms with E-state index < -0.39 is 5.92 Å². The zero-order valence-corrected chi connectivity index (χ0v) is 8.35. The zero-order valence-electron chi connectivity index (χ0n) is 8.35. The summed E-state index contributed by atoms with van der Waals surface area (Å²) in [4.78, 5) is 0. The summed E-state index contributed by atoms with van der Waals surface area (Å²) in [7, 11) is 0. The number of aliphatic hydroxyl groups excluding tert-OH is 1. The molecule has 0 spiro atoms. The maximum Gasteiger partial charge on any atom is 0.270 e. The Morgan fingerprint density at radius 1 is 1.36 bits per heavy atom. The molecule has 0 aliphatic rings. The SMILES string of the molecule is Cc1ccc(C(C)(F)F)c(CCO)c1. The second kappa shape index (κ2) is 4.05. The summed E-state index contributed by atoms with van der Waals surface area (Å²) in [6.07, 6.45) is 0.278. The van der Waals surface area contributed by atoms with Crippen LogP contribution in [0.3, 0.4) is 0 Å². The third-order valence-electron chi connectivity index (χ3n) is 2.11. The first-order valence-corrected chi connectivity index (χ1v) is 4.54. The van der Waals surface area contributed by atoms with Gasteiger partial charge in [0.1, 0.15) is 0 Å². The van der Waals surface area contributed by atoms with Gasteiger partial charge in [0.15, 0.2) is 0 Å². The molecule has 14 heavy (non-hydrogen) atoms. The van der Waals surface area contributed by atoms with Gasteiger partial charge in [0.05, 0.1) is 0 Å². The van der Waals surface area contributed by atoms with Gasteiger partial charge in [-0.05, 0) is 18.9 Å². The summed E-state index contributed by atoms with van der Waals surface area (Å²) in [6.45, 7) is 2.61. The quantitative estimate of drug-likeness (QED) is 0.795. The molecule has 0 saturated carbocycles. The van der Waals surface area contributed by atoms with E-state index >= 15 is 0 Å². The largest absolute Gasteiger partial charge is 0.396 e. The minimum Gasteiger partial charge on any atom is -0.396 e. The van der Waals surface area contributed by atoms with Crippen molar-refractivity contribution in [1.29, 1.82) is 0 Å². The fourth-order valence-electron chi connectivity index (χ4n) is 1.48. The molecule has 1 aromatic rings. The molecule has 1 nitrogen and oxygen atoms in total. The Bertz CT molecular complexity index is 316. The van der Waals surface area contributed by atoms with Crippen LogP contribution in [0.4, 0.5) is 8.78 Å². The Kier molecular flexibility index (Phi) is 3.21. The summed E-state index contributed by atoms with van der Waals surface area (Å²) < 4.78 is 26.2. The van der Waals surface area contributed by atoms with Gasteiger partial charge >= 0.3 is 0 Å². The lowest BCUT2D eigenvalue weighted by Crippen LogP contribution is -2.11. The van der Waals surface area contributed by atoms with E-state index in [4.69, 9.17) is 5.11 Å². The molecule has 0 bridgehead atoms. The van der Waals surface area contributed by atoms with Crippen LogP contribution in [0.1, 0.15) is 23.6 Å². The highest BCUT2D eigenvalue weighted by Gasteiger charge is 2.26. The van der Waals surface area contributed by atoms with Crippen LogP contribution in [0.15, 0.2) is 18.2 Å². The zero-order chi connectivity index (χ0) is 10.8. The van der Waals surface area contributed by atoms with Crippen molar-refractivity contribution in [3.05, 3.63) is 34.9 Å². The first-order valence-electron chi connectivity index (χ1n) is 4.54. The van der Waals surface area contributed by atoms with Crippen molar-refractivity contribution >= 4 is 0 Å². The monoisotopic (exact) mass is 200 g/mol. The summed E-state index contributed by atoms with van der Waals surface area (Å²) in [5.74, 6) is -2.84. The van der Waals surface area contributed by atoms with Crippen molar-refractivity contribution < 1.29 is 13.9 Å². The lowest BCUT2D eigenvalue weighted by atomic mass is 9.98. The van der Waals surface area contributed by atoms with Crippen LogP contribution in [-0.4, -0.2) is 11.7 Å². The van der Waals surface area contributed by atoms with E-state index in [1.807, 2.05) is 6.92 Å². The predicted octanol–water partition coefficient (Wildman–Crippen LogP) is 2.64. The van der Waals surface area contributed by atoms with Crippen LogP contribution >= 0.6 is 0 Å². The summed E-state index contributed by atoms with van der Waals surface area (Å²) in [6, 6.07) is 4.79. The van der Waals surface area contributed by atoms with Crippen LogP contribution in [0.2, 0.25) is 0 Å². The Hall–Kier alpha value is -0.960. The third-order valence-corrected chi connectivity index (χ3v) is 2.11. The molecule has 78 valence electrons. The van der Waals surface area contributed by atoms with Crippen molar-refractivity contribution in [1.82, 2.24) is 0 Å². The second-order valence-corrected chi connectivity index (χ2v) is 3.52. The van der Waals surface area contributed by atoms with E-state index in [9.17, 15) is 8.78 Å². The fraction of sp³-hybridized carbons (Fsp3) is 0.455. The highest BCUT2D eigenvalue weighted by atomic mass is 19.3. The van der Waals surface area contributed by atoms with Crippen LogP contribution < -0.4 is 0 Å². The van der Waals surface area contributed by atoms with Gasteiger partial charge in [-0.3, -0.25) is 0 Å². The molecule has 1 rings (SSSR count). The normalized spacial score (nSPS) is 11.8. The van der Waals surface area contributed by atoms with Crippen LogP contribution in [0.5, 0.6) is 0 Å². The third kappa shape index (κ3) is 2.51. The highest BCUT2D eigenvalue weighted by Crippen LogP contribution is 2.30. The van der Waals surface area contributed by atoms with Crippen molar-refractivity contribution in [2.75, 3.05) is 6.61 Å². The molecule has 0 saturated heterocycles. The summed E-state index contributed by atoms with van der Waals surface area (Å²) in [5, 5.41) is 8.76. The number of aryl methyl sites for hydroxylation is 1. The Morgan fingerprint density at radius 2 is 2.00 bits per heavy atom. The predicted molar refractivity (Wildman–Crippen MR) is 51.5 cm³/mol. The molecule has 0 aromatic heterocycles. The van der Waals surface area contributed by atoms with E-state index in [0.29, 0.717) is 5.56 Å². The molecule has 1 aromatic carbocycles. The number of hydrogen-bond donors (Lipinski definition) is 1. The molecule has 0 heterocycles. The van der Waals surface area contributed by atoms with Gasteiger partial charge in [-0.2, -0.15) is 0 Å².